The third kappa shape index (κ3) is 4.47. The number of anilines is 2. The van der Waals surface area contributed by atoms with Crippen molar-refractivity contribution < 1.29 is 4.39 Å². The number of hydrogen-bond donors (Lipinski definition) is 1. The molecule has 0 aliphatic carbocycles. The topological polar surface area (TPSA) is 41.1 Å². The number of nitrogens with zero attached hydrogens (tertiary/aromatic N) is 3. The number of halogens is 1. The zero-order valence-corrected chi connectivity index (χ0v) is 11.7. The summed E-state index contributed by atoms with van der Waals surface area (Å²) in [6.07, 6.45) is 3.23. The van der Waals surface area contributed by atoms with E-state index in [1.54, 1.807) is 0 Å². The number of aromatic nitrogens is 2. The van der Waals surface area contributed by atoms with Crippen LogP contribution in [0.25, 0.3) is 0 Å². The molecule has 0 unspecified atom stereocenters. The maximum atomic E-state index is 13.7. The molecule has 5 heteroatoms. The molecule has 0 saturated heterocycles. The van der Waals surface area contributed by atoms with Crippen LogP contribution in [0.5, 0.6) is 0 Å². The molecule has 1 aromatic heterocycles. The van der Waals surface area contributed by atoms with Gasteiger partial charge >= 0.3 is 0 Å². The van der Waals surface area contributed by atoms with Crippen molar-refractivity contribution in [2.24, 2.45) is 5.92 Å². The summed E-state index contributed by atoms with van der Waals surface area (Å²) in [6, 6.07) is 0. The first-order valence-corrected chi connectivity index (χ1v) is 6.52. The molecule has 1 rings (SSSR count). The largest absolute Gasteiger partial charge is 0.357 e. The molecule has 0 fully saturated rings. The van der Waals surface area contributed by atoms with Gasteiger partial charge in [0, 0.05) is 20.1 Å². The van der Waals surface area contributed by atoms with Gasteiger partial charge in [-0.25, -0.2) is 9.37 Å². The van der Waals surface area contributed by atoms with Gasteiger partial charge in [0.15, 0.2) is 11.6 Å². The van der Waals surface area contributed by atoms with E-state index in [4.69, 9.17) is 0 Å². The molecule has 0 amide bonds. The Balaban J connectivity index is 2.72. The molecule has 0 radical (unpaired) electrons. The van der Waals surface area contributed by atoms with Crippen LogP contribution < -0.4 is 10.2 Å². The van der Waals surface area contributed by atoms with Gasteiger partial charge in [0.1, 0.15) is 0 Å². The Hall–Kier alpha value is -1.39. The van der Waals surface area contributed by atoms with Crippen molar-refractivity contribution in [1.29, 1.82) is 0 Å². The van der Waals surface area contributed by atoms with Crippen molar-refractivity contribution in [3.05, 3.63) is 12.0 Å². The first-order chi connectivity index (χ1) is 8.54. The van der Waals surface area contributed by atoms with Crippen LogP contribution in [0.15, 0.2) is 6.20 Å². The minimum absolute atomic E-state index is 0.365. The standard InChI is InChI=1S/C13H23FN4/c1-5-7-15-13-16-9-11(14)12(17-13)18(4)8-6-10(2)3/h9-10H,5-8H2,1-4H3,(H,15,16,17). The quantitative estimate of drug-likeness (QED) is 0.812. The summed E-state index contributed by atoms with van der Waals surface area (Å²) in [4.78, 5) is 9.99. The van der Waals surface area contributed by atoms with E-state index in [-0.39, 0.29) is 5.82 Å². The van der Waals surface area contributed by atoms with Crippen LogP contribution in [-0.2, 0) is 0 Å². The summed E-state index contributed by atoms with van der Waals surface area (Å²) in [5, 5.41) is 3.07. The molecule has 0 bridgehead atoms. The van der Waals surface area contributed by atoms with Crippen molar-refractivity contribution in [2.45, 2.75) is 33.6 Å². The fourth-order valence-electron chi connectivity index (χ4n) is 1.51. The Morgan fingerprint density at radius 2 is 2.17 bits per heavy atom. The minimum Gasteiger partial charge on any atom is -0.357 e. The van der Waals surface area contributed by atoms with Gasteiger partial charge in [0.2, 0.25) is 5.95 Å². The second kappa shape index (κ2) is 7.13. The van der Waals surface area contributed by atoms with Crippen LogP contribution in [0.3, 0.4) is 0 Å². The van der Waals surface area contributed by atoms with Crippen LogP contribution in [0.4, 0.5) is 16.2 Å². The van der Waals surface area contributed by atoms with Gasteiger partial charge in [0.25, 0.3) is 0 Å². The third-order valence-corrected chi connectivity index (χ3v) is 2.66. The van der Waals surface area contributed by atoms with E-state index in [1.807, 2.05) is 11.9 Å². The first-order valence-electron chi connectivity index (χ1n) is 6.52. The fourth-order valence-corrected chi connectivity index (χ4v) is 1.51. The lowest BCUT2D eigenvalue weighted by Gasteiger charge is -2.20. The average molecular weight is 254 g/mol. The molecule has 0 aliphatic heterocycles. The van der Waals surface area contributed by atoms with Crippen molar-refractivity contribution in [3.63, 3.8) is 0 Å². The van der Waals surface area contributed by atoms with E-state index in [0.29, 0.717) is 17.7 Å². The molecule has 18 heavy (non-hydrogen) atoms. The predicted octanol–water partition coefficient (Wildman–Crippen LogP) is 2.92. The van der Waals surface area contributed by atoms with Crippen LogP contribution in [0.2, 0.25) is 0 Å². The molecule has 0 atom stereocenters. The Morgan fingerprint density at radius 1 is 1.44 bits per heavy atom. The SMILES string of the molecule is CCCNc1ncc(F)c(N(C)CCC(C)C)n1. The van der Waals surface area contributed by atoms with E-state index in [2.05, 4.69) is 36.1 Å². The molecule has 102 valence electrons. The number of nitrogens with one attached hydrogen (secondary N) is 1. The lowest BCUT2D eigenvalue weighted by Crippen LogP contribution is -2.23. The molecule has 4 nitrogen and oxygen atoms in total. The summed E-state index contributed by atoms with van der Waals surface area (Å²) in [5.74, 6) is 1.08. The lowest BCUT2D eigenvalue weighted by atomic mass is 10.1. The Kier molecular flexibility index (Phi) is 5.82. The molecular formula is C13H23FN4. The molecule has 1 heterocycles. The first kappa shape index (κ1) is 14.7. The van der Waals surface area contributed by atoms with Crippen molar-refractivity contribution in [2.75, 3.05) is 30.4 Å². The summed E-state index contributed by atoms with van der Waals surface area (Å²) >= 11 is 0. The summed E-state index contributed by atoms with van der Waals surface area (Å²) in [6.45, 7) is 7.95. The van der Waals surface area contributed by atoms with Gasteiger partial charge in [-0.1, -0.05) is 20.8 Å². The van der Waals surface area contributed by atoms with Crippen molar-refractivity contribution >= 4 is 11.8 Å². The number of hydrogen-bond acceptors (Lipinski definition) is 4. The summed E-state index contributed by atoms with van der Waals surface area (Å²) < 4.78 is 13.7. The fraction of sp³-hybridized carbons (Fsp3) is 0.692. The molecule has 0 aromatic carbocycles. The molecule has 0 spiro atoms. The van der Waals surface area contributed by atoms with Crippen molar-refractivity contribution in [1.82, 2.24) is 9.97 Å². The van der Waals surface area contributed by atoms with Crippen LogP contribution >= 0.6 is 0 Å². The van der Waals surface area contributed by atoms with Gasteiger partial charge in [-0.15, -0.1) is 0 Å². The summed E-state index contributed by atoms with van der Waals surface area (Å²) in [7, 11) is 1.86. The zero-order chi connectivity index (χ0) is 13.5. The van der Waals surface area contributed by atoms with Crippen LogP contribution in [-0.4, -0.2) is 30.1 Å². The monoisotopic (exact) mass is 254 g/mol. The van der Waals surface area contributed by atoms with Gasteiger partial charge in [-0.2, -0.15) is 4.98 Å². The molecule has 1 N–H and O–H groups in total. The van der Waals surface area contributed by atoms with E-state index in [1.165, 1.54) is 6.20 Å². The maximum absolute atomic E-state index is 13.7. The van der Waals surface area contributed by atoms with Crippen LogP contribution in [0.1, 0.15) is 33.6 Å². The second-order valence-electron chi connectivity index (χ2n) is 4.90. The zero-order valence-electron chi connectivity index (χ0n) is 11.7. The summed E-state index contributed by atoms with van der Waals surface area (Å²) in [5.41, 5.74) is 0. The lowest BCUT2D eigenvalue weighted by molar-refractivity contribution is 0.568. The highest BCUT2D eigenvalue weighted by Crippen LogP contribution is 2.17. The van der Waals surface area contributed by atoms with Gasteiger partial charge < -0.3 is 10.2 Å². The van der Waals surface area contributed by atoms with E-state index in [0.717, 1.165) is 25.9 Å². The van der Waals surface area contributed by atoms with Crippen LogP contribution in [0, 0.1) is 11.7 Å². The highest BCUT2D eigenvalue weighted by molar-refractivity contribution is 5.43. The van der Waals surface area contributed by atoms with Crippen molar-refractivity contribution in [3.8, 4) is 0 Å². The Labute approximate surface area is 109 Å². The van der Waals surface area contributed by atoms with Gasteiger partial charge in [-0.05, 0) is 18.8 Å². The average Bonchev–Trinajstić information content (AvgIpc) is 2.35. The highest BCUT2D eigenvalue weighted by atomic mass is 19.1. The number of rotatable bonds is 7. The Morgan fingerprint density at radius 3 is 2.78 bits per heavy atom. The van der Waals surface area contributed by atoms with E-state index >= 15 is 0 Å². The minimum atomic E-state index is -0.372. The maximum Gasteiger partial charge on any atom is 0.224 e. The van der Waals surface area contributed by atoms with E-state index in [9.17, 15) is 4.39 Å². The van der Waals surface area contributed by atoms with Gasteiger partial charge in [-0.3, -0.25) is 0 Å². The molecule has 0 aliphatic rings. The Bertz CT molecular complexity index is 368. The van der Waals surface area contributed by atoms with Gasteiger partial charge in [0.05, 0.1) is 6.20 Å². The smallest absolute Gasteiger partial charge is 0.224 e. The predicted molar refractivity (Wildman–Crippen MR) is 73.5 cm³/mol. The molecular weight excluding hydrogens is 231 g/mol. The highest BCUT2D eigenvalue weighted by Gasteiger charge is 2.11. The molecule has 1 aromatic rings. The molecule has 0 saturated carbocycles. The van der Waals surface area contributed by atoms with E-state index < -0.39 is 0 Å². The third-order valence-electron chi connectivity index (χ3n) is 2.66. The normalized spacial score (nSPS) is 10.8. The second-order valence-corrected chi connectivity index (χ2v) is 4.90.